The minimum atomic E-state index is -0.396. The number of esters is 1. The zero-order valence-corrected chi connectivity index (χ0v) is 18.6. The first-order valence-corrected chi connectivity index (χ1v) is 5.19. The fraction of sp³-hybridized carbons (Fsp3) is 0.833. The Balaban J connectivity index is 0. The number of cyclic esters (lactones) is 1. The first-order chi connectivity index (χ1) is 6.13. The SMILES string of the molecule is [CH2][C@H]1[C@H](CC(C)(C)C)C(=O)OC1(C)C.[Hg+].[I-]. The maximum absolute atomic E-state index is 11.6. The molecule has 1 saturated heterocycles. The predicted molar refractivity (Wildman–Crippen MR) is 56.6 cm³/mol. The van der Waals surface area contributed by atoms with Crippen molar-refractivity contribution in [1.29, 1.82) is 0 Å². The molecule has 4 heteroatoms. The van der Waals surface area contributed by atoms with Crippen LogP contribution in [0.15, 0.2) is 0 Å². The van der Waals surface area contributed by atoms with Crippen LogP contribution in [0.2, 0.25) is 0 Å². The smallest absolute Gasteiger partial charge is 1.00 e. The maximum atomic E-state index is 11.6. The first-order valence-electron chi connectivity index (χ1n) is 5.19. The van der Waals surface area contributed by atoms with Gasteiger partial charge in [-0.05, 0) is 32.6 Å². The quantitative estimate of drug-likeness (QED) is 0.271. The Hall–Kier alpha value is 1.14. The predicted octanol–water partition coefficient (Wildman–Crippen LogP) is -0.174. The van der Waals surface area contributed by atoms with E-state index in [1.807, 2.05) is 13.8 Å². The van der Waals surface area contributed by atoms with Gasteiger partial charge in [-0.2, -0.15) is 0 Å². The molecule has 1 fully saturated rings. The molecule has 1 aliphatic heterocycles. The molecule has 0 aromatic heterocycles. The molecule has 0 aromatic rings. The van der Waals surface area contributed by atoms with Crippen molar-refractivity contribution in [2.45, 2.75) is 46.6 Å². The van der Waals surface area contributed by atoms with Crippen LogP contribution in [0.5, 0.6) is 0 Å². The molecule has 2 atom stereocenters. The Bertz CT molecular complexity index is 246. The van der Waals surface area contributed by atoms with Gasteiger partial charge in [0.05, 0.1) is 5.92 Å². The van der Waals surface area contributed by atoms with Gasteiger partial charge in [0.15, 0.2) is 0 Å². The van der Waals surface area contributed by atoms with Gasteiger partial charge in [0.2, 0.25) is 0 Å². The number of hydrogen-bond donors (Lipinski definition) is 0. The van der Waals surface area contributed by atoms with Gasteiger partial charge in [0, 0.05) is 5.92 Å². The van der Waals surface area contributed by atoms with Crippen molar-refractivity contribution in [1.82, 2.24) is 0 Å². The van der Waals surface area contributed by atoms with Gasteiger partial charge in [-0.25, -0.2) is 0 Å². The minimum Gasteiger partial charge on any atom is -1.00 e. The van der Waals surface area contributed by atoms with E-state index in [2.05, 4.69) is 27.7 Å². The van der Waals surface area contributed by atoms with Crippen molar-refractivity contribution in [3.63, 3.8) is 0 Å². The normalized spacial score (nSPS) is 27.8. The van der Waals surface area contributed by atoms with Crippen molar-refractivity contribution < 1.29 is 61.2 Å². The summed E-state index contributed by atoms with van der Waals surface area (Å²) in [5, 5.41) is 0. The molecular weight excluding hydrogens is 504 g/mol. The molecule has 0 N–H and O–H groups in total. The molecule has 1 heterocycles. The molecule has 16 heavy (non-hydrogen) atoms. The second-order valence-electron chi connectivity index (χ2n) is 6.00. The summed E-state index contributed by atoms with van der Waals surface area (Å²) in [7, 11) is 0. The molecule has 0 bridgehead atoms. The van der Waals surface area contributed by atoms with Crippen molar-refractivity contribution >= 4 is 5.97 Å². The summed E-state index contributed by atoms with van der Waals surface area (Å²) in [5.74, 6) is -0.0517. The van der Waals surface area contributed by atoms with Gasteiger partial charge >= 0.3 is 33.6 Å². The van der Waals surface area contributed by atoms with Crippen LogP contribution in [0.1, 0.15) is 41.0 Å². The standard InChI is InChI=1S/C12H21O2.Hg.HI/c1-8-9(7-11(2,3)4)10(13)14-12(8,5)6;;/h8-9H,1,7H2,2-6H3;;1H/q;+1;/p-1/t8-,9-;;/m0../s1. The van der Waals surface area contributed by atoms with E-state index in [0.29, 0.717) is 0 Å². The summed E-state index contributed by atoms with van der Waals surface area (Å²) in [6.07, 6.45) is 0.851. The Kier molecular flexibility index (Phi) is 7.72. The maximum Gasteiger partial charge on any atom is 1.00 e. The number of carbonyl (C=O) groups excluding carboxylic acids is 1. The molecule has 0 amide bonds. The van der Waals surface area contributed by atoms with E-state index >= 15 is 0 Å². The summed E-state index contributed by atoms with van der Waals surface area (Å²) >= 11 is 0. The fourth-order valence-electron chi connectivity index (χ4n) is 1.94. The van der Waals surface area contributed by atoms with Gasteiger partial charge < -0.3 is 28.7 Å². The summed E-state index contributed by atoms with van der Waals surface area (Å²) in [6.45, 7) is 14.3. The van der Waals surface area contributed by atoms with Gasteiger partial charge in [0.25, 0.3) is 0 Å². The first kappa shape index (κ1) is 19.5. The molecule has 0 spiro atoms. The Morgan fingerprint density at radius 3 is 2.06 bits per heavy atom. The van der Waals surface area contributed by atoms with E-state index in [1.54, 1.807) is 0 Å². The van der Waals surface area contributed by atoms with Crippen molar-refractivity contribution in [3.8, 4) is 0 Å². The molecular formula is C12H21HgIO2. The molecule has 1 rings (SSSR count). The monoisotopic (exact) mass is 526 g/mol. The summed E-state index contributed by atoms with van der Waals surface area (Å²) in [6, 6.07) is 0. The molecule has 2 radical (unpaired) electrons. The van der Waals surface area contributed by atoms with E-state index in [9.17, 15) is 4.79 Å². The van der Waals surface area contributed by atoms with Crippen LogP contribution in [0.25, 0.3) is 0 Å². The van der Waals surface area contributed by atoms with E-state index in [4.69, 9.17) is 4.74 Å². The largest absolute Gasteiger partial charge is 1.00 e. The third kappa shape index (κ3) is 4.79. The van der Waals surface area contributed by atoms with Crippen LogP contribution >= 0.6 is 0 Å². The van der Waals surface area contributed by atoms with Gasteiger partial charge in [-0.3, -0.25) is 4.79 Å². The van der Waals surface area contributed by atoms with Crippen LogP contribution in [0.3, 0.4) is 0 Å². The number of rotatable bonds is 1. The number of ether oxygens (including phenoxy) is 1. The van der Waals surface area contributed by atoms with Gasteiger partial charge in [-0.15, -0.1) is 0 Å². The molecule has 0 aromatic carbocycles. The number of carbonyl (C=O) groups is 1. The summed E-state index contributed by atoms with van der Waals surface area (Å²) < 4.78 is 5.32. The van der Waals surface area contributed by atoms with Crippen LogP contribution in [0, 0.1) is 24.2 Å². The zero-order valence-electron chi connectivity index (χ0n) is 11.0. The molecule has 0 aliphatic carbocycles. The Morgan fingerprint density at radius 2 is 1.81 bits per heavy atom. The van der Waals surface area contributed by atoms with Crippen molar-refractivity contribution in [3.05, 3.63) is 6.92 Å². The topological polar surface area (TPSA) is 26.3 Å². The van der Waals surface area contributed by atoms with Crippen molar-refractivity contribution in [2.24, 2.45) is 17.3 Å². The molecule has 0 saturated carbocycles. The third-order valence-corrected chi connectivity index (χ3v) is 2.88. The van der Waals surface area contributed by atoms with Crippen molar-refractivity contribution in [2.75, 3.05) is 0 Å². The molecule has 1 aliphatic rings. The summed E-state index contributed by atoms with van der Waals surface area (Å²) in [5.41, 5.74) is -0.243. The second-order valence-corrected chi connectivity index (χ2v) is 6.00. The minimum absolute atomic E-state index is 0. The van der Waals surface area contributed by atoms with Crippen LogP contribution < -0.4 is 24.0 Å². The third-order valence-electron chi connectivity index (χ3n) is 2.88. The average molecular weight is 525 g/mol. The molecule has 90 valence electrons. The van der Waals surface area contributed by atoms with E-state index in [1.165, 1.54) is 0 Å². The van der Waals surface area contributed by atoms with Crippen LogP contribution in [0.4, 0.5) is 0 Å². The number of hydrogen-bond acceptors (Lipinski definition) is 2. The zero-order chi connectivity index (χ0) is 11.1. The van der Waals surface area contributed by atoms with E-state index < -0.39 is 5.60 Å². The average Bonchev–Trinajstić information content (AvgIpc) is 2.10. The van der Waals surface area contributed by atoms with Crippen LogP contribution in [-0.2, 0) is 37.2 Å². The fourth-order valence-corrected chi connectivity index (χ4v) is 1.94. The van der Waals surface area contributed by atoms with E-state index in [0.717, 1.165) is 6.42 Å². The molecule has 2 nitrogen and oxygen atoms in total. The van der Waals surface area contributed by atoms with Gasteiger partial charge in [0.1, 0.15) is 5.60 Å². The second kappa shape index (κ2) is 6.35. The number of halogens is 1. The summed E-state index contributed by atoms with van der Waals surface area (Å²) in [4.78, 5) is 11.6. The molecule has 0 unspecified atom stereocenters. The Morgan fingerprint density at radius 1 is 1.38 bits per heavy atom. The Labute approximate surface area is 137 Å². The van der Waals surface area contributed by atoms with E-state index in [-0.39, 0.29) is 74.9 Å². The van der Waals surface area contributed by atoms with Crippen LogP contribution in [-0.4, -0.2) is 11.6 Å². The van der Waals surface area contributed by atoms with Gasteiger partial charge in [-0.1, -0.05) is 20.8 Å².